The van der Waals surface area contributed by atoms with Crippen molar-refractivity contribution in [2.45, 2.75) is 13.8 Å². The zero-order valence-electron chi connectivity index (χ0n) is 14.4. The van der Waals surface area contributed by atoms with Crippen molar-refractivity contribution in [3.05, 3.63) is 58.1 Å². The van der Waals surface area contributed by atoms with Gasteiger partial charge in [0.1, 0.15) is 5.75 Å². The molecule has 0 aliphatic carbocycles. The molecule has 5 nitrogen and oxygen atoms in total. The first-order chi connectivity index (χ1) is 12.3. The third kappa shape index (κ3) is 6.58. The van der Waals surface area contributed by atoms with E-state index in [9.17, 15) is 9.59 Å². The average molecular weight is 396 g/mol. The van der Waals surface area contributed by atoms with Crippen molar-refractivity contribution in [1.82, 2.24) is 0 Å². The summed E-state index contributed by atoms with van der Waals surface area (Å²) in [6, 6.07) is 11.2. The van der Waals surface area contributed by atoms with Gasteiger partial charge in [0.15, 0.2) is 6.61 Å². The fourth-order valence-corrected chi connectivity index (χ4v) is 2.51. The molecular formula is C19H19Cl2NO4. The number of benzene rings is 2. The molecule has 1 N–H and O–H groups in total. The predicted molar refractivity (Wildman–Crippen MR) is 102 cm³/mol. The van der Waals surface area contributed by atoms with E-state index in [0.29, 0.717) is 39.6 Å². The van der Waals surface area contributed by atoms with Gasteiger partial charge in [-0.15, -0.1) is 0 Å². The number of nitrogens with one attached hydrogen (secondary N) is 1. The first-order valence-electron chi connectivity index (χ1n) is 7.99. The summed E-state index contributed by atoms with van der Waals surface area (Å²) in [7, 11) is 0. The normalized spacial score (nSPS) is 10.5. The number of halogens is 2. The van der Waals surface area contributed by atoms with Crippen molar-refractivity contribution in [3.8, 4) is 5.75 Å². The molecule has 2 aromatic carbocycles. The Morgan fingerprint density at radius 2 is 1.65 bits per heavy atom. The van der Waals surface area contributed by atoms with Crippen molar-refractivity contribution < 1.29 is 19.1 Å². The number of hydrogen-bond donors (Lipinski definition) is 1. The van der Waals surface area contributed by atoms with Gasteiger partial charge in [-0.05, 0) is 48.4 Å². The molecule has 0 spiro atoms. The predicted octanol–water partition coefficient (Wildman–Crippen LogP) is 4.82. The van der Waals surface area contributed by atoms with Crippen LogP contribution in [0.15, 0.2) is 42.5 Å². The van der Waals surface area contributed by atoms with Crippen LogP contribution in [0.25, 0.3) is 0 Å². The van der Waals surface area contributed by atoms with Gasteiger partial charge in [-0.3, -0.25) is 4.79 Å². The molecule has 0 aliphatic heterocycles. The molecule has 0 aliphatic rings. The minimum absolute atomic E-state index is 0.334. The summed E-state index contributed by atoms with van der Waals surface area (Å²) in [5.41, 5.74) is 0.760. The lowest BCUT2D eigenvalue weighted by Crippen LogP contribution is -2.20. The highest BCUT2D eigenvalue weighted by Gasteiger charge is 2.11. The van der Waals surface area contributed by atoms with Crippen LogP contribution in [0.5, 0.6) is 5.75 Å². The highest BCUT2D eigenvalue weighted by molar-refractivity contribution is 6.35. The third-order valence-electron chi connectivity index (χ3n) is 3.15. The first kappa shape index (κ1) is 20.1. The first-order valence-corrected chi connectivity index (χ1v) is 8.75. The van der Waals surface area contributed by atoms with Crippen LogP contribution in [0.3, 0.4) is 0 Å². The number of anilines is 1. The summed E-state index contributed by atoms with van der Waals surface area (Å²) in [4.78, 5) is 23.9. The molecule has 0 bridgehead atoms. The Balaban J connectivity index is 1.84. The molecule has 0 saturated carbocycles. The lowest BCUT2D eigenvalue weighted by atomic mass is 10.2. The van der Waals surface area contributed by atoms with E-state index in [-0.39, 0.29) is 0 Å². The van der Waals surface area contributed by atoms with Gasteiger partial charge in [-0.1, -0.05) is 37.0 Å². The van der Waals surface area contributed by atoms with Gasteiger partial charge >= 0.3 is 5.97 Å². The van der Waals surface area contributed by atoms with Crippen LogP contribution in [0.1, 0.15) is 24.2 Å². The van der Waals surface area contributed by atoms with Crippen LogP contribution < -0.4 is 10.1 Å². The molecule has 2 rings (SSSR count). The van der Waals surface area contributed by atoms with Gasteiger partial charge in [-0.2, -0.15) is 0 Å². The molecule has 0 heterocycles. The second-order valence-corrected chi connectivity index (χ2v) is 6.88. The zero-order chi connectivity index (χ0) is 19.1. The Kier molecular flexibility index (Phi) is 7.30. The molecule has 0 aromatic heterocycles. The van der Waals surface area contributed by atoms with E-state index in [1.165, 1.54) is 0 Å². The minimum atomic E-state index is -0.598. The minimum Gasteiger partial charge on any atom is -0.493 e. The van der Waals surface area contributed by atoms with Crippen LogP contribution in [0.2, 0.25) is 10.0 Å². The second-order valence-electron chi connectivity index (χ2n) is 6.01. The monoisotopic (exact) mass is 395 g/mol. The van der Waals surface area contributed by atoms with E-state index in [2.05, 4.69) is 5.32 Å². The quantitative estimate of drug-likeness (QED) is 0.682. The van der Waals surface area contributed by atoms with Crippen molar-refractivity contribution >= 4 is 40.8 Å². The lowest BCUT2D eigenvalue weighted by Gasteiger charge is -2.09. The second kappa shape index (κ2) is 9.46. The highest BCUT2D eigenvalue weighted by atomic mass is 35.5. The summed E-state index contributed by atoms with van der Waals surface area (Å²) in [6.45, 7) is 4.27. The average Bonchev–Trinajstić information content (AvgIpc) is 2.57. The molecule has 0 fully saturated rings. The Labute approximate surface area is 162 Å². The molecule has 0 unspecified atom stereocenters. The van der Waals surface area contributed by atoms with Crippen LogP contribution in [-0.4, -0.2) is 25.1 Å². The summed E-state index contributed by atoms with van der Waals surface area (Å²) in [5.74, 6) is -0.00776. The van der Waals surface area contributed by atoms with Gasteiger partial charge in [-0.25, -0.2) is 4.79 Å². The molecule has 7 heteroatoms. The maximum Gasteiger partial charge on any atom is 0.338 e. The van der Waals surface area contributed by atoms with Crippen molar-refractivity contribution in [2.24, 2.45) is 5.92 Å². The summed E-state index contributed by atoms with van der Waals surface area (Å²) >= 11 is 11.7. The smallest absolute Gasteiger partial charge is 0.338 e. The maximum absolute atomic E-state index is 12.0. The van der Waals surface area contributed by atoms with E-state index < -0.39 is 18.5 Å². The lowest BCUT2D eigenvalue weighted by molar-refractivity contribution is -0.119. The number of hydrogen-bond acceptors (Lipinski definition) is 4. The fourth-order valence-electron chi connectivity index (χ4n) is 1.99. The van der Waals surface area contributed by atoms with Crippen molar-refractivity contribution in [1.29, 1.82) is 0 Å². The van der Waals surface area contributed by atoms with Gasteiger partial charge in [0, 0.05) is 15.7 Å². The van der Waals surface area contributed by atoms with Gasteiger partial charge in [0.2, 0.25) is 0 Å². The van der Waals surface area contributed by atoms with Gasteiger partial charge in [0.25, 0.3) is 5.91 Å². The molecule has 138 valence electrons. The summed E-state index contributed by atoms with van der Waals surface area (Å²) < 4.78 is 10.6. The van der Waals surface area contributed by atoms with Crippen molar-refractivity contribution in [2.75, 3.05) is 18.5 Å². The topological polar surface area (TPSA) is 64.6 Å². The number of rotatable bonds is 7. The van der Waals surface area contributed by atoms with E-state index in [4.69, 9.17) is 32.7 Å². The number of esters is 1. The number of carbonyl (C=O) groups is 2. The molecule has 1 amide bonds. The maximum atomic E-state index is 12.0. The fraction of sp³-hybridized carbons (Fsp3) is 0.263. The largest absolute Gasteiger partial charge is 0.493 e. The van der Waals surface area contributed by atoms with Gasteiger partial charge in [0.05, 0.1) is 12.2 Å². The van der Waals surface area contributed by atoms with Crippen LogP contribution in [0.4, 0.5) is 5.69 Å². The van der Waals surface area contributed by atoms with E-state index in [0.717, 1.165) is 0 Å². The zero-order valence-corrected chi connectivity index (χ0v) is 15.9. The summed E-state index contributed by atoms with van der Waals surface area (Å²) in [6.07, 6.45) is 0. The Morgan fingerprint density at radius 1 is 1.04 bits per heavy atom. The Morgan fingerprint density at radius 3 is 2.23 bits per heavy atom. The molecule has 2 aromatic rings. The van der Waals surface area contributed by atoms with E-state index in [1.807, 2.05) is 13.8 Å². The number of amides is 1. The number of ether oxygens (including phenoxy) is 2. The molecule has 0 saturated heterocycles. The van der Waals surface area contributed by atoms with Crippen LogP contribution in [0, 0.1) is 5.92 Å². The van der Waals surface area contributed by atoms with E-state index >= 15 is 0 Å². The highest BCUT2D eigenvalue weighted by Crippen LogP contribution is 2.22. The Hall–Kier alpha value is -2.24. The Bertz CT molecular complexity index is 755. The van der Waals surface area contributed by atoms with Crippen molar-refractivity contribution in [3.63, 3.8) is 0 Å². The molecule has 0 radical (unpaired) electrons. The van der Waals surface area contributed by atoms with Crippen LogP contribution in [-0.2, 0) is 9.53 Å². The molecule has 0 atom stereocenters. The summed E-state index contributed by atoms with van der Waals surface area (Å²) in [5, 5.41) is 3.35. The third-order valence-corrected chi connectivity index (χ3v) is 3.59. The molecule has 26 heavy (non-hydrogen) atoms. The standard InChI is InChI=1S/C19H19Cl2NO4/c1-12(2)10-25-17-5-3-13(4-6-17)19(24)26-11-18(23)22-16-8-14(20)7-15(21)9-16/h3-9,12H,10-11H2,1-2H3,(H,22,23). The number of carbonyl (C=O) groups excluding carboxylic acids is 2. The van der Waals surface area contributed by atoms with Gasteiger partial charge < -0.3 is 14.8 Å². The SMILES string of the molecule is CC(C)COc1ccc(C(=O)OCC(=O)Nc2cc(Cl)cc(Cl)c2)cc1. The molecular weight excluding hydrogens is 377 g/mol. The van der Waals surface area contributed by atoms with Crippen LogP contribution >= 0.6 is 23.2 Å². The van der Waals surface area contributed by atoms with E-state index in [1.54, 1.807) is 42.5 Å².